The summed E-state index contributed by atoms with van der Waals surface area (Å²) in [6.45, 7) is 2.18. The Kier molecular flexibility index (Phi) is 8.66. The van der Waals surface area contributed by atoms with Crippen molar-refractivity contribution in [1.29, 1.82) is 0 Å². The Morgan fingerprint density at radius 3 is 2.77 bits per heavy atom. The molecule has 0 radical (unpaired) electrons. The molecule has 0 aliphatic carbocycles. The number of carbonyl (C=O) groups excluding carboxylic acids is 1. The van der Waals surface area contributed by atoms with Crippen molar-refractivity contribution in [2.24, 2.45) is 0 Å². The first-order chi connectivity index (χ1) is 6.34. The molecule has 0 unspecified atom stereocenters. The van der Waals surface area contributed by atoms with Gasteiger partial charge in [-0.1, -0.05) is 5.56 Å². The Morgan fingerprint density at radius 1 is 1.62 bits per heavy atom. The van der Waals surface area contributed by atoms with Crippen LogP contribution in [0.15, 0.2) is 24.3 Å². The van der Waals surface area contributed by atoms with Gasteiger partial charge in [-0.25, -0.2) is 0 Å². The van der Waals surface area contributed by atoms with Gasteiger partial charge in [0.25, 0.3) is 0 Å². The van der Waals surface area contributed by atoms with Gasteiger partial charge in [0.05, 0.1) is 6.61 Å². The third kappa shape index (κ3) is 5.37. The Balaban J connectivity index is 0.000000671. The van der Waals surface area contributed by atoms with E-state index in [0.29, 0.717) is 12.2 Å². The first-order valence-corrected chi connectivity index (χ1v) is 12.8. The van der Waals surface area contributed by atoms with Crippen molar-refractivity contribution in [3.05, 3.63) is 35.9 Å². The minimum absolute atomic E-state index is 0.312. The van der Waals surface area contributed by atoms with Crippen LogP contribution in [0.3, 0.4) is 0 Å². The van der Waals surface area contributed by atoms with Crippen molar-refractivity contribution in [3.8, 4) is 0 Å². The number of halogens is 1. The van der Waals surface area contributed by atoms with Crippen LogP contribution in [0.25, 0.3) is 0 Å². The fourth-order valence-corrected chi connectivity index (χ4v) is 0.729. The van der Waals surface area contributed by atoms with Gasteiger partial charge in [0.1, 0.15) is 0 Å². The second-order valence-corrected chi connectivity index (χ2v) is 2.00. The predicted molar refractivity (Wildman–Crippen MR) is 55.3 cm³/mol. The number of rotatable bonds is 2. The molecule has 0 spiro atoms. The van der Waals surface area contributed by atoms with Gasteiger partial charge in [-0.05, 0) is 6.92 Å². The van der Waals surface area contributed by atoms with Crippen molar-refractivity contribution < 1.29 is 24.3 Å². The fraction of sp³-hybridized carbons (Fsp3) is 0.222. The van der Waals surface area contributed by atoms with E-state index in [9.17, 15) is 4.79 Å². The molecule has 0 aliphatic rings. The summed E-state index contributed by atoms with van der Waals surface area (Å²) in [5.74, 6) is -0.312. The molecule has 2 nitrogen and oxygen atoms in total. The predicted octanol–water partition coefficient (Wildman–Crippen LogP) is 2.55. The Labute approximate surface area is 98.9 Å². The zero-order chi connectivity index (χ0) is 10.1. The molecule has 0 saturated carbocycles. The number of hydrogen-bond acceptors (Lipinski definition) is 2. The molecule has 0 atom stereocenters. The van der Waals surface area contributed by atoms with Gasteiger partial charge in [-0.2, -0.15) is 0 Å². The van der Waals surface area contributed by atoms with Crippen molar-refractivity contribution in [2.75, 3.05) is 6.61 Å². The maximum atomic E-state index is 11.0. The van der Waals surface area contributed by atoms with Gasteiger partial charge in [0, 0.05) is 0 Å². The van der Waals surface area contributed by atoms with Crippen LogP contribution in [0, 0.1) is 6.07 Å². The molecule has 1 aromatic carbocycles. The number of carbonyl (C=O) groups is 1. The maximum absolute atomic E-state index is 11.0. The van der Waals surface area contributed by atoms with Crippen LogP contribution >= 0.6 is 19.8 Å². The Hall–Kier alpha value is 0.0434. The van der Waals surface area contributed by atoms with Crippen molar-refractivity contribution >= 4 is 25.7 Å². The van der Waals surface area contributed by atoms with E-state index in [-0.39, 0.29) is 5.97 Å². The molecule has 0 bridgehead atoms. The first kappa shape index (κ1) is 13.0. The quantitative estimate of drug-likeness (QED) is 0.358. The number of hydrogen-bond donors (Lipinski definition) is 0. The van der Waals surface area contributed by atoms with E-state index in [1.165, 1.54) is 14.8 Å². The summed E-state index contributed by atoms with van der Waals surface area (Å²) < 4.78 is 4.76. The van der Waals surface area contributed by atoms with E-state index in [1.54, 1.807) is 25.1 Å². The third-order valence-corrected chi connectivity index (χ3v) is 1.20. The van der Waals surface area contributed by atoms with Crippen LogP contribution in [0.2, 0.25) is 0 Å². The molecule has 1 aromatic rings. The SMILES string of the molecule is CCOC(=O)c1[c-]cccc1.[Zn+][I]. The fourth-order valence-electron chi connectivity index (χ4n) is 0.729. The van der Waals surface area contributed by atoms with Crippen molar-refractivity contribution in [3.63, 3.8) is 0 Å². The summed E-state index contributed by atoms with van der Waals surface area (Å²) in [4.78, 5) is 11.0. The van der Waals surface area contributed by atoms with Crippen molar-refractivity contribution in [1.82, 2.24) is 0 Å². The average molecular weight is 341 g/mol. The zero-order valence-electron chi connectivity index (χ0n) is 7.42. The molecule has 0 aliphatic heterocycles. The van der Waals surface area contributed by atoms with Crippen LogP contribution in [-0.2, 0) is 19.5 Å². The normalized spacial score (nSPS) is 8.31. The standard InChI is InChI=1S/C9H9O2.HI.Zn/c1-2-11-9(10)8-6-4-3-5-7-8;;/h3-6H,2H2,1H3;1H;/q-1;;+2/p-1. The van der Waals surface area contributed by atoms with Gasteiger partial charge < -0.3 is 9.53 Å². The molecular weight excluding hydrogens is 332 g/mol. The van der Waals surface area contributed by atoms with E-state index in [2.05, 4.69) is 25.8 Å². The molecule has 0 saturated heterocycles. The molecule has 0 fully saturated rings. The van der Waals surface area contributed by atoms with Crippen LogP contribution in [0.1, 0.15) is 17.3 Å². The number of benzene rings is 1. The average Bonchev–Trinajstić information content (AvgIpc) is 2.23. The Morgan fingerprint density at radius 2 is 2.31 bits per heavy atom. The summed E-state index contributed by atoms with van der Waals surface area (Å²) in [5, 5.41) is 0. The second kappa shape index (κ2) is 8.63. The molecule has 0 N–H and O–H groups in total. The van der Waals surface area contributed by atoms with Crippen LogP contribution in [-0.4, -0.2) is 12.6 Å². The molecule has 0 aromatic heterocycles. The summed E-state index contributed by atoms with van der Waals surface area (Å²) >= 11 is 3.62. The van der Waals surface area contributed by atoms with Gasteiger partial charge >= 0.3 is 34.5 Å². The topological polar surface area (TPSA) is 26.3 Å². The molecule has 0 amide bonds. The molecule has 1 rings (SSSR count). The first-order valence-electron chi connectivity index (χ1n) is 3.75. The van der Waals surface area contributed by atoms with Crippen LogP contribution < -0.4 is 0 Å². The van der Waals surface area contributed by atoms with Gasteiger partial charge in [-0.3, -0.25) is 0 Å². The summed E-state index contributed by atoms with van der Waals surface area (Å²) in [6.07, 6.45) is 0. The van der Waals surface area contributed by atoms with Crippen LogP contribution in [0.4, 0.5) is 0 Å². The number of ether oxygens (including phenoxy) is 1. The molecule has 0 heterocycles. The number of esters is 1. The second-order valence-electron chi connectivity index (χ2n) is 2.00. The van der Waals surface area contributed by atoms with E-state index in [4.69, 9.17) is 4.74 Å². The monoisotopic (exact) mass is 340 g/mol. The van der Waals surface area contributed by atoms with E-state index < -0.39 is 0 Å². The zero-order valence-corrected chi connectivity index (χ0v) is 12.5. The molecule has 66 valence electrons. The van der Waals surface area contributed by atoms with Gasteiger partial charge in [0.15, 0.2) is 0 Å². The Bertz CT molecular complexity index is 239. The minimum atomic E-state index is -0.312. The summed E-state index contributed by atoms with van der Waals surface area (Å²) in [6, 6.07) is 9.73. The third-order valence-electron chi connectivity index (χ3n) is 1.20. The summed E-state index contributed by atoms with van der Waals surface area (Å²) in [5.41, 5.74) is 0.481. The summed E-state index contributed by atoms with van der Waals surface area (Å²) in [7, 11) is 0. The van der Waals surface area contributed by atoms with E-state index in [0.717, 1.165) is 0 Å². The van der Waals surface area contributed by atoms with E-state index >= 15 is 0 Å². The van der Waals surface area contributed by atoms with Crippen molar-refractivity contribution in [2.45, 2.75) is 6.92 Å². The van der Waals surface area contributed by atoms with Gasteiger partial charge in [0.2, 0.25) is 5.97 Å². The van der Waals surface area contributed by atoms with Crippen LogP contribution in [0.5, 0.6) is 0 Å². The molecule has 13 heavy (non-hydrogen) atoms. The van der Waals surface area contributed by atoms with E-state index in [1.807, 2.05) is 6.07 Å². The molecule has 4 heteroatoms. The molecular formula is C9H9IO2Zn. The van der Waals surface area contributed by atoms with Gasteiger partial charge in [-0.15, -0.1) is 30.3 Å².